The molecule has 0 unspecified atom stereocenters. The lowest BCUT2D eigenvalue weighted by Gasteiger charge is -2.37. The highest BCUT2D eigenvalue weighted by atomic mass is 19.4. The molecule has 2 aliphatic heterocycles. The fourth-order valence-corrected chi connectivity index (χ4v) is 4.19. The Balaban J connectivity index is 0.000000301. The van der Waals surface area contributed by atoms with E-state index in [0.29, 0.717) is 23.6 Å². The molecule has 1 amide bonds. The van der Waals surface area contributed by atoms with E-state index in [1.807, 2.05) is 28.0 Å². The minimum absolute atomic E-state index is 0.0709. The van der Waals surface area contributed by atoms with Gasteiger partial charge in [-0.1, -0.05) is 0 Å². The molecule has 3 atom stereocenters. The molecule has 11 nitrogen and oxygen atoms in total. The lowest BCUT2D eigenvalue weighted by Crippen LogP contribution is -2.47. The normalized spacial score (nSPS) is 21.3. The van der Waals surface area contributed by atoms with Crippen LogP contribution in [0.1, 0.15) is 23.2 Å². The molecule has 0 bridgehead atoms. The first-order valence-corrected chi connectivity index (χ1v) is 11.0. The third kappa shape index (κ3) is 8.67. The number of piperidine rings is 1. The van der Waals surface area contributed by atoms with Crippen molar-refractivity contribution in [3.05, 3.63) is 42.5 Å². The largest absolute Gasteiger partial charge is 0.490 e. The summed E-state index contributed by atoms with van der Waals surface area (Å²) in [6.07, 6.45) is -1.06. The van der Waals surface area contributed by atoms with Crippen LogP contribution in [-0.2, 0) is 16.1 Å². The van der Waals surface area contributed by atoms with Gasteiger partial charge in [0.15, 0.2) is 0 Å². The van der Waals surface area contributed by atoms with E-state index in [1.54, 1.807) is 18.5 Å². The Hall–Kier alpha value is -3.76. The fourth-order valence-electron chi connectivity index (χ4n) is 4.19. The first kappa shape index (κ1) is 30.5. The van der Waals surface area contributed by atoms with E-state index in [2.05, 4.69) is 27.2 Å². The lowest BCUT2D eigenvalue weighted by molar-refractivity contribution is -0.193. The highest BCUT2D eigenvalue weighted by Gasteiger charge is 2.43. The predicted molar refractivity (Wildman–Crippen MR) is 116 cm³/mol. The number of amides is 1. The molecule has 2 N–H and O–H groups in total. The van der Waals surface area contributed by atoms with Crippen molar-refractivity contribution in [2.45, 2.75) is 43.8 Å². The number of carbonyl (C=O) groups excluding carboxylic acids is 1. The van der Waals surface area contributed by atoms with Crippen LogP contribution in [0.15, 0.2) is 36.9 Å². The number of alkyl halides is 6. The van der Waals surface area contributed by atoms with Crippen molar-refractivity contribution >= 4 is 17.8 Å². The Morgan fingerprint density at radius 1 is 1.03 bits per heavy atom. The molecule has 0 spiro atoms. The SMILES string of the molecule is CN1[C@H](Cn2cccn2)C[C@@H]2CN(C(=O)c3ccnnc3)CC[C@@H]21.O=C(O)C(F)(F)F.O=C(O)C(F)(F)F. The first-order chi connectivity index (χ1) is 17.6. The second-order valence-corrected chi connectivity index (χ2v) is 8.39. The molecule has 4 rings (SSSR count). The summed E-state index contributed by atoms with van der Waals surface area (Å²) in [5.74, 6) is -4.91. The van der Waals surface area contributed by atoms with Gasteiger partial charge in [0.2, 0.25) is 0 Å². The number of hydrogen-bond acceptors (Lipinski definition) is 7. The number of aliphatic carboxylic acids is 2. The number of likely N-dealkylation sites (N-methyl/N-ethyl adjacent to an activating group) is 1. The van der Waals surface area contributed by atoms with Crippen LogP contribution in [0, 0.1) is 5.92 Å². The highest BCUT2D eigenvalue weighted by Crippen LogP contribution is 2.35. The number of carboxylic acids is 2. The molecular weight excluding hydrogens is 530 g/mol. The minimum atomic E-state index is -5.08. The number of fused-ring (bicyclic) bond motifs is 1. The minimum Gasteiger partial charge on any atom is -0.475 e. The quantitative estimate of drug-likeness (QED) is 0.546. The van der Waals surface area contributed by atoms with Gasteiger partial charge in [0, 0.05) is 37.6 Å². The van der Waals surface area contributed by atoms with E-state index < -0.39 is 24.3 Å². The number of likely N-dealkylation sites (tertiary alicyclic amines) is 2. The summed E-state index contributed by atoms with van der Waals surface area (Å²) in [7, 11) is 2.21. The van der Waals surface area contributed by atoms with Crippen molar-refractivity contribution in [2.75, 3.05) is 20.1 Å². The number of carbonyl (C=O) groups is 3. The Labute approximate surface area is 211 Å². The molecule has 17 heteroatoms. The van der Waals surface area contributed by atoms with Crippen molar-refractivity contribution in [1.82, 2.24) is 29.8 Å². The van der Waals surface area contributed by atoms with Crippen molar-refractivity contribution in [2.24, 2.45) is 5.92 Å². The van der Waals surface area contributed by atoms with Crippen LogP contribution < -0.4 is 0 Å². The standard InChI is InChI=1S/C17H22N6O.2C2HF3O2/c1-21-15(12-23-7-2-5-20-23)9-14-11-22(8-4-16(14)21)17(24)13-3-6-18-19-10-13;2*3-2(4,5)1(6)7/h2-3,5-7,10,14-16H,4,8-9,11-12H2,1H3;2*(H,6,7)/t14-,15+,16+;;/m1../s1. The van der Waals surface area contributed by atoms with Crippen LogP contribution in [-0.4, -0.2) is 102 Å². The van der Waals surface area contributed by atoms with Crippen LogP contribution in [0.25, 0.3) is 0 Å². The van der Waals surface area contributed by atoms with Gasteiger partial charge in [-0.2, -0.15) is 41.6 Å². The zero-order valence-corrected chi connectivity index (χ0v) is 19.8. The first-order valence-electron chi connectivity index (χ1n) is 11.0. The van der Waals surface area contributed by atoms with Gasteiger partial charge in [-0.25, -0.2) is 9.59 Å². The molecule has 2 aromatic rings. The summed E-state index contributed by atoms with van der Waals surface area (Å²) in [6.45, 7) is 2.55. The fraction of sp³-hybridized carbons (Fsp3) is 0.524. The second kappa shape index (κ2) is 12.7. The molecule has 0 saturated carbocycles. The van der Waals surface area contributed by atoms with E-state index in [4.69, 9.17) is 19.8 Å². The van der Waals surface area contributed by atoms with Crippen LogP contribution in [0.3, 0.4) is 0 Å². The van der Waals surface area contributed by atoms with Crippen molar-refractivity contribution in [3.63, 3.8) is 0 Å². The summed E-state index contributed by atoms with van der Waals surface area (Å²) < 4.78 is 65.5. The zero-order chi connectivity index (χ0) is 28.7. The van der Waals surface area contributed by atoms with Crippen LogP contribution >= 0.6 is 0 Å². The number of nitrogens with zero attached hydrogens (tertiary/aromatic N) is 6. The van der Waals surface area contributed by atoms with Crippen molar-refractivity contribution < 1.29 is 50.9 Å². The zero-order valence-electron chi connectivity index (χ0n) is 19.8. The molecule has 2 saturated heterocycles. The van der Waals surface area contributed by atoms with E-state index >= 15 is 0 Å². The Morgan fingerprint density at radius 2 is 1.63 bits per heavy atom. The Kier molecular flexibility index (Phi) is 10.1. The van der Waals surface area contributed by atoms with Gasteiger partial charge in [0.05, 0.1) is 24.5 Å². The monoisotopic (exact) mass is 554 g/mol. The number of halogens is 6. The highest BCUT2D eigenvalue weighted by molar-refractivity contribution is 5.93. The summed E-state index contributed by atoms with van der Waals surface area (Å²) in [5.41, 5.74) is 0.628. The average Bonchev–Trinajstić information content (AvgIpc) is 3.46. The maximum absolute atomic E-state index is 12.6. The number of hydrogen-bond donors (Lipinski definition) is 2. The Morgan fingerprint density at radius 3 is 2.11 bits per heavy atom. The summed E-state index contributed by atoms with van der Waals surface area (Å²) in [6, 6.07) is 4.75. The Bertz CT molecular complexity index is 1040. The maximum atomic E-state index is 12.6. The number of carboxylic acid groups (broad SMARTS) is 2. The van der Waals surface area contributed by atoms with E-state index in [0.717, 1.165) is 32.5 Å². The molecule has 210 valence electrons. The lowest BCUT2D eigenvalue weighted by atomic mass is 9.92. The molecule has 2 aromatic heterocycles. The molecule has 2 aliphatic rings. The van der Waals surface area contributed by atoms with E-state index in [-0.39, 0.29) is 5.91 Å². The topological polar surface area (TPSA) is 142 Å². The van der Waals surface area contributed by atoms with Crippen LogP contribution in [0.5, 0.6) is 0 Å². The average molecular weight is 554 g/mol. The number of rotatable bonds is 3. The molecule has 4 heterocycles. The molecule has 0 radical (unpaired) electrons. The summed E-state index contributed by atoms with van der Waals surface area (Å²) >= 11 is 0. The molecule has 38 heavy (non-hydrogen) atoms. The van der Waals surface area contributed by atoms with Gasteiger partial charge < -0.3 is 15.1 Å². The van der Waals surface area contributed by atoms with Gasteiger partial charge in [-0.15, -0.1) is 0 Å². The maximum Gasteiger partial charge on any atom is 0.490 e. The predicted octanol–water partition coefficient (Wildman–Crippen LogP) is 2.17. The molecule has 0 aromatic carbocycles. The van der Waals surface area contributed by atoms with Gasteiger partial charge >= 0.3 is 24.3 Å². The van der Waals surface area contributed by atoms with Gasteiger partial charge in [-0.3, -0.25) is 14.4 Å². The molecular formula is C21H24F6N6O5. The van der Waals surface area contributed by atoms with E-state index in [1.165, 1.54) is 0 Å². The van der Waals surface area contributed by atoms with E-state index in [9.17, 15) is 31.1 Å². The molecule has 0 aliphatic carbocycles. The third-order valence-corrected chi connectivity index (χ3v) is 5.93. The van der Waals surface area contributed by atoms with Crippen LogP contribution in [0.4, 0.5) is 26.3 Å². The van der Waals surface area contributed by atoms with Gasteiger partial charge in [-0.05, 0) is 37.9 Å². The smallest absolute Gasteiger partial charge is 0.475 e. The van der Waals surface area contributed by atoms with Crippen LogP contribution in [0.2, 0.25) is 0 Å². The summed E-state index contributed by atoms with van der Waals surface area (Å²) in [5, 5.41) is 26.1. The van der Waals surface area contributed by atoms with Crippen molar-refractivity contribution in [3.8, 4) is 0 Å². The second-order valence-electron chi connectivity index (χ2n) is 8.39. The number of aromatic nitrogens is 4. The van der Waals surface area contributed by atoms with Gasteiger partial charge in [0.25, 0.3) is 5.91 Å². The van der Waals surface area contributed by atoms with Crippen molar-refractivity contribution in [1.29, 1.82) is 0 Å². The van der Waals surface area contributed by atoms with Gasteiger partial charge in [0.1, 0.15) is 0 Å². The molecule has 2 fully saturated rings. The summed E-state index contributed by atoms with van der Waals surface area (Å²) in [4.78, 5) is 34.9. The third-order valence-electron chi connectivity index (χ3n) is 5.93.